The molecule has 2 aliphatic rings. The largest absolute Gasteiger partial charge is 0.364 e. The first-order valence-electron chi connectivity index (χ1n) is 4.14. The Morgan fingerprint density at radius 1 is 1.67 bits per heavy atom. The molecule has 0 radical (unpaired) electrons. The van der Waals surface area contributed by atoms with Crippen LogP contribution in [0.15, 0.2) is 0 Å². The molecule has 62 valence electrons. The summed E-state index contributed by atoms with van der Waals surface area (Å²) in [4.78, 5) is 10.9. The van der Waals surface area contributed by atoms with Gasteiger partial charge in [0.1, 0.15) is 0 Å². The van der Waals surface area contributed by atoms with Crippen molar-refractivity contribution in [2.45, 2.75) is 18.8 Å². The van der Waals surface area contributed by atoms with E-state index in [0.29, 0.717) is 11.6 Å². The van der Waals surface area contributed by atoms with E-state index >= 15 is 0 Å². The zero-order valence-corrected chi connectivity index (χ0v) is 6.50. The molecule has 4 heteroatoms. The van der Waals surface area contributed by atoms with Gasteiger partial charge in [0.25, 0.3) is 5.91 Å². The average molecular weight is 163 g/mol. The van der Waals surface area contributed by atoms with E-state index in [0.717, 1.165) is 23.6 Å². The van der Waals surface area contributed by atoms with Crippen molar-refractivity contribution < 1.29 is 4.79 Å². The summed E-state index contributed by atoms with van der Waals surface area (Å²) in [6.45, 7) is 0. The van der Waals surface area contributed by atoms with Gasteiger partial charge in [-0.05, 0) is 24.7 Å². The Balaban J connectivity index is 2.17. The zero-order valence-electron chi connectivity index (χ0n) is 6.50. The third-order valence-electron chi connectivity index (χ3n) is 2.88. The molecule has 0 aromatic carbocycles. The molecule has 3 N–H and O–H groups in total. The number of aromatic amines is 1. The number of nitrogens with two attached hydrogens (primary N) is 1. The minimum Gasteiger partial charge on any atom is -0.364 e. The van der Waals surface area contributed by atoms with Crippen LogP contribution in [0.3, 0.4) is 0 Å². The Kier molecular flexibility index (Phi) is 0.885. The number of nitrogens with one attached hydrogen (secondary N) is 1. The number of fused-ring (bicyclic) bond motifs is 3. The molecule has 1 aromatic heterocycles. The first kappa shape index (κ1) is 6.22. The molecule has 1 saturated carbocycles. The Hall–Kier alpha value is -1.32. The van der Waals surface area contributed by atoms with Crippen LogP contribution in [0.4, 0.5) is 0 Å². The van der Waals surface area contributed by atoms with Gasteiger partial charge >= 0.3 is 0 Å². The fourth-order valence-corrected chi connectivity index (χ4v) is 2.22. The molecule has 3 rings (SSSR count). The SMILES string of the molecule is NC(=O)c1n[nH]c2c1C1CC1C2. The number of primary amides is 1. The highest BCUT2D eigenvalue weighted by Gasteiger charge is 2.48. The van der Waals surface area contributed by atoms with Crippen molar-refractivity contribution in [3.05, 3.63) is 17.0 Å². The van der Waals surface area contributed by atoms with Crippen LogP contribution in [-0.4, -0.2) is 16.1 Å². The summed E-state index contributed by atoms with van der Waals surface area (Å²) < 4.78 is 0. The average Bonchev–Trinajstić information content (AvgIpc) is 2.53. The summed E-state index contributed by atoms with van der Waals surface area (Å²) >= 11 is 0. The van der Waals surface area contributed by atoms with Crippen LogP contribution in [0.25, 0.3) is 0 Å². The summed E-state index contributed by atoms with van der Waals surface area (Å²) in [6, 6.07) is 0. The van der Waals surface area contributed by atoms with Crippen LogP contribution >= 0.6 is 0 Å². The van der Waals surface area contributed by atoms with E-state index in [4.69, 9.17) is 5.73 Å². The summed E-state index contributed by atoms with van der Waals surface area (Å²) in [5, 5.41) is 6.79. The number of aromatic nitrogens is 2. The number of carbonyl (C=O) groups excluding carboxylic acids is 1. The number of H-pyrrole nitrogens is 1. The first-order chi connectivity index (χ1) is 5.77. The summed E-state index contributed by atoms with van der Waals surface area (Å²) in [5.41, 5.74) is 7.89. The summed E-state index contributed by atoms with van der Waals surface area (Å²) in [7, 11) is 0. The van der Waals surface area contributed by atoms with Gasteiger partial charge in [-0.1, -0.05) is 0 Å². The molecule has 1 heterocycles. The fourth-order valence-electron chi connectivity index (χ4n) is 2.22. The second-order valence-electron chi connectivity index (χ2n) is 3.64. The van der Waals surface area contributed by atoms with Crippen molar-refractivity contribution in [3.8, 4) is 0 Å². The van der Waals surface area contributed by atoms with Gasteiger partial charge < -0.3 is 5.73 Å². The molecule has 2 aliphatic carbocycles. The Morgan fingerprint density at radius 2 is 2.50 bits per heavy atom. The molecular weight excluding hydrogens is 154 g/mol. The minimum absolute atomic E-state index is 0.403. The zero-order chi connectivity index (χ0) is 8.29. The van der Waals surface area contributed by atoms with E-state index in [9.17, 15) is 4.79 Å². The molecule has 0 saturated heterocycles. The first-order valence-corrected chi connectivity index (χ1v) is 4.14. The van der Waals surface area contributed by atoms with Gasteiger partial charge in [0.15, 0.2) is 5.69 Å². The maximum atomic E-state index is 10.9. The molecule has 0 spiro atoms. The second kappa shape index (κ2) is 1.71. The molecule has 1 amide bonds. The minimum atomic E-state index is -0.403. The van der Waals surface area contributed by atoms with E-state index < -0.39 is 5.91 Å². The maximum absolute atomic E-state index is 10.9. The summed E-state index contributed by atoms with van der Waals surface area (Å²) in [6.07, 6.45) is 2.27. The Morgan fingerprint density at radius 3 is 3.25 bits per heavy atom. The van der Waals surface area contributed by atoms with Crippen LogP contribution < -0.4 is 5.73 Å². The quantitative estimate of drug-likeness (QED) is 0.619. The topological polar surface area (TPSA) is 71.8 Å². The normalized spacial score (nSPS) is 29.7. The predicted molar refractivity (Wildman–Crippen MR) is 41.7 cm³/mol. The molecule has 2 unspecified atom stereocenters. The van der Waals surface area contributed by atoms with E-state index in [2.05, 4.69) is 10.2 Å². The smallest absolute Gasteiger partial charge is 0.269 e. The number of hydrogen-bond acceptors (Lipinski definition) is 2. The lowest BCUT2D eigenvalue weighted by Crippen LogP contribution is -2.13. The Bertz CT molecular complexity index is 368. The van der Waals surface area contributed by atoms with Crippen molar-refractivity contribution in [2.75, 3.05) is 0 Å². The van der Waals surface area contributed by atoms with Crippen molar-refractivity contribution in [3.63, 3.8) is 0 Å². The molecular formula is C8H9N3O. The molecule has 1 fully saturated rings. The maximum Gasteiger partial charge on any atom is 0.269 e. The molecule has 0 bridgehead atoms. The Labute approximate surface area is 69.1 Å². The van der Waals surface area contributed by atoms with Gasteiger partial charge in [-0.3, -0.25) is 9.89 Å². The highest BCUT2D eigenvalue weighted by Crippen LogP contribution is 2.56. The molecule has 12 heavy (non-hydrogen) atoms. The number of nitrogens with zero attached hydrogens (tertiary/aromatic N) is 1. The van der Waals surface area contributed by atoms with Crippen LogP contribution in [0.1, 0.15) is 34.1 Å². The van der Waals surface area contributed by atoms with Gasteiger partial charge in [0, 0.05) is 11.3 Å². The van der Waals surface area contributed by atoms with Gasteiger partial charge in [-0.15, -0.1) is 0 Å². The van der Waals surface area contributed by atoms with Crippen LogP contribution in [0.5, 0.6) is 0 Å². The molecule has 2 atom stereocenters. The van der Waals surface area contributed by atoms with Crippen LogP contribution in [-0.2, 0) is 6.42 Å². The number of rotatable bonds is 1. The monoisotopic (exact) mass is 163 g/mol. The highest BCUT2D eigenvalue weighted by molar-refractivity contribution is 5.93. The van der Waals surface area contributed by atoms with Gasteiger partial charge in [-0.25, -0.2) is 0 Å². The fraction of sp³-hybridized carbons (Fsp3) is 0.500. The van der Waals surface area contributed by atoms with Crippen molar-refractivity contribution in [1.82, 2.24) is 10.2 Å². The second-order valence-corrected chi connectivity index (χ2v) is 3.64. The third-order valence-corrected chi connectivity index (χ3v) is 2.88. The molecule has 0 aliphatic heterocycles. The number of carbonyl (C=O) groups is 1. The van der Waals surface area contributed by atoms with Crippen molar-refractivity contribution in [2.24, 2.45) is 11.7 Å². The standard InChI is InChI=1S/C8H9N3O/c9-8(12)7-6-4-1-3(4)2-5(6)10-11-7/h3-4H,1-2H2,(H2,9,12)(H,10,11). The number of amides is 1. The van der Waals surface area contributed by atoms with E-state index in [1.165, 1.54) is 6.42 Å². The lowest BCUT2D eigenvalue weighted by Gasteiger charge is -1.93. The summed E-state index contributed by atoms with van der Waals surface area (Å²) in [5.74, 6) is 0.952. The van der Waals surface area contributed by atoms with Gasteiger partial charge in [-0.2, -0.15) is 5.10 Å². The predicted octanol–water partition coefficient (Wildman–Crippen LogP) is 0.168. The lowest BCUT2D eigenvalue weighted by atomic mass is 10.1. The van der Waals surface area contributed by atoms with Gasteiger partial charge in [0.2, 0.25) is 0 Å². The highest BCUT2D eigenvalue weighted by atomic mass is 16.1. The molecule has 4 nitrogen and oxygen atoms in total. The van der Waals surface area contributed by atoms with E-state index in [1.807, 2.05) is 0 Å². The van der Waals surface area contributed by atoms with Crippen molar-refractivity contribution in [1.29, 1.82) is 0 Å². The molecule has 1 aromatic rings. The lowest BCUT2D eigenvalue weighted by molar-refractivity contribution is 0.0994. The third kappa shape index (κ3) is 0.581. The van der Waals surface area contributed by atoms with Gasteiger partial charge in [0.05, 0.1) is 0 Å². The van der Waals surface area contributed by atoms with E-state index in [1.54, 1.807) is 0 Å². The van der Waals surface area contributed by atoms with Crippen LogP contribution in [0, 0.1) is 5.92 Å². The van der Waals surface area contributed by atoms with E-state index in [-0.39, 0.29) is 0 Å². The van der Waals surface area contributed by atoms with Crippen LogP contribution in [0.2, 0.25) is 0 Å². The van der Waals surface area contributed by atoms with Crippen molar-refractivity contribution >= 4 is 5.91 Å². The number of hydrogen-bond donors (Lipinski definition) is 2.